The van der Waals surface area contributed by atoms with Crippen LogP contribution in [-0.2, 0) is 13.0 Å². The van der Waals surface area contributed by atoms with Crippen LogP contribution < -0.4 is 0 Å². The van der Waals surface area contributed by atoms with Gasteiger partial charge in [-0.2, -0.15) is 5.10 Å². The van der Waals surface area contributed by atoms with Crippen LogP contribution in [0.25, 0.3) is 0 Å². The van der Waals surface area contributed by atoms with Crippen molar-refractivity contribution in [1.29, 1.82) is 0 Å². The molecule has 1 N–H and O–H groups in total. The SMILES string of the molecule is CCCCCCC(O)Cc1ncnn1CC(C)C. The van der Waals surface area contributed by atoms with Gasteiger partial charge in [-0.05, 0) is 12.3 Å². The standard InChI is InChI=1S/C14H27N3O/c1-4-5-6-7-8-13(18)9-14-15-11-16-17(14)10-12(2)3/h11-13,18H,4-10H2,1-3H3. The molecule has 0 aliphatic carbocycles. The largest absolute Gasteiger partial charge is 0.393 e. The molecule has 0 aromatic carbocycles. The molecule has 0 bridgehead atoms. The molecule has 1 heterocycles. The third-order valence-corrected chi connectivity index (χ3v) is 3.04. The summed E-state index contributed by atoms with van der Waals surface area (Å²) in [6.07, 6.45) is 7.61. The van der Waals surface area contributed by atoms with Crippen molar-refractivity contribution in [2.45, 2.75) is 71.9 Å². The summed E-state index contributed by atoms with van der Waals surface area (Å²) in [4.78, 5) is 4.25. The van der Waals surface area contributed by atoms with E-state index in [1.165, 1.54) is 19.3 Å². The van der Waals surface area contributed by atoms with Gasteiger partial charge in [0.2, 0.25) is 0 Å². The predicted molar refractivity (Wildman–Crippen MR) is 73.3 cm³/mol. The summed E-state index contributed by atoms with van der Waals surface area (Å²) in [5, 5.41) is 14.2. The molecular weight excluding hydrogens is 226 g/mol. The quantitative estimate of drug-likeness (QED) is 0.688. The van der Waals surface area contributed by atoms with Gasteiger partial charge in [0.15, 0.2) is 0 Å². The van der Waals surface area contributed by atoms with Crippen LogP contribution in [0.1, 0.15) is 58.7 Å². The Labute approximate surface area is 110 Å². The second-order valence-corrected chi connectivity index (χ2v) is 5.46. The maximum absolute atomic E-state index is 10.00. The molecule has 0 spiro atoms. The average Bonchev–Trinajstić information content (AvgIpc) is 2.71. The van der Waals surface area contributed by atoms with E-state index in [-0.39, 0.29) is 6.10 Å². The van der Waals surface area contributed by atoms with E-state index in [2.05, 4.69) is 30.9 Å². The lowest BCUT2D eigenvalue weighted by atomic mass is 10.1. The van der Waals surface area contributed by atoms with Crippen LogP contribution in [-0.4, -0.2) is 26.0 Å². The van der Waals surface area contributed by atoms with E-state index in [9.17, 15) is 5.11 Å². The number of hydrogen-bond donors (Lipinski definition) is 1. The van der Waals surface area contributed by atoms with Crippen LogP contribution in [0.5, 0.6) is 0 Å². The first-order valence-corrected chi connectivity index (χ1v) is 7.18. The second-order valence-electron chi connectivity index (χ2n) is 5.46. The lowest BCUT2D eigenvalue weighted by Crippen LogP contribution is -2.17. The summed E-state index contributed by atoms with van der Waals surface area (Å²) < 4.78 is 1.92. The molecule has 1 unspecified atom stereocenters. The number of hydrogen-bond acceptors (Lipinski definition) is 3. The molecule has 0 aliphatic rings. The second kappa shape index (κ2) is 8.25. The van der Waals surface area contributed by atoms with Crippen molar-refractivity contribution in [1.82, 2.24) is 14.8 Å². The lowest BCUT2D eigenvalue weighted by Gasteiger charge is -2.12. The van der Waals surface area contributed by atoms with Gasteiger partial charge in [-0.15, -0.1) is 0 Å². The van der Waals surface area contributed by atoms with Crippen LogP contribution in [0.15, 0.2) is 6.33 Å². The van der Waals surface area contributed by atoms with Gasteiger partial charge in [-0.3, -0.25) is 0 Å². The summed E-state index contributed by atoms with van der Waals surface area (Å²) in [5.74, 6) is 1.46. The topological polar surface area (TPSA) is 50.9 Å². The van der Waals surface area contributed by atoms with E-state index < -0.39 is 0 Å². The summed E-state index contributed by atoms with van der Waals surface area (Å²) in [5.41, 5.74) is 0. The first-order chi connectivity index (χ1) is 8.63. The highest BCUT2D eigenvalue weighted by Gasteiger charge is 2.11. The third kappa shape index (κ3) is 5.63. The maximum Gasteiger partial charge on any atom is 0.138 e. The molecular formula is C14H27N3O. The van der Waals surface area contributed by atoms with Crippen molar-refractivity contribution >= 4 is 0 Å². The fraction of sp³-hybridized carbons (Fsp3) is 0.857. The molecule has 4 heteroatoms. The maximum atomic E-state index is 10.00. The fourth-order valence-corrected chi connectivity index (χ4v) is 2.06. The Morgan fingerprint density at radius 2 is 2.06 bits per heavy atom. The third-order valence-electron chi connectivity index (χ3n) is 3.04. The molecule has 0 saturated heterocycles. The molecule has 0 fully saturated rings. The molecule has 0 amide bonds. The molecule has 18 heavy (non-hydrogen) atoms. The summed E-state index contributed by atoms with van der Waals surface area (Å²) in [7, 11) is 0. The highest BCUT2D eigenvalue weighted by atomic mass is 16.3. The van der Waals surface area contributed by atoms with Crippen molar-refractivity contribution in [2.24, 2.45) is 5.92 Å². The first-order valence-electron chi connectivity index (χ1n) is 7.18. The Balaban J connectivity index is 2.34. The normalized spacial score (nSPS) is 13.2. The molecule has 0 aliphatic heterocycles. The minimum atomic E-state index is -0.281. The zero-order valence-electron chi connectivity index (χ0n) is 12.0. The number of rotatable bonds is 9. The average molecular weight is 253 g/mol. The van der Waals surface area contributed by atoms with Crippen molar-refractivity contribution in [3.63, 3.8) is 0 Å². The highest BCUT2D eigenvalue weighted by Crippen LogP contribution is 2.10. The molecule has 0 saturated carbocycles. The number of aliphatic hydroxyl groups excluding tert-OH is 1. The Bertz CT molecular complexity index is 323. The van der Waals surface area contributed by atoms with E-state index in [0.29, 0.717) is 12.3 Å². The fourth-order valence-electron chi connectivity index (χ4n) is 2.06. The van der Waals surface area contributed by atoms with Gasteiger partial charge in [0.05, 0.1) is 6.10 Å². The van der Waals surface area contributed by atoms with Gasteiger partial charge >= 0.3 is 0 Å². The van der Waals surface area contributed by atoms with E-state index in [1.54, 1.807) is 6.33 Å². The van der Waals surface area contributed by atoms with Gasteiger partial charge in [0.25, 0.3) is 0 Å². The monoisotopic (exact) mass is 253 g/mol. The summed E-state index contributed by atoms with van der Waals surface area (Å²) >= 11 is 0. The summed E-state index contributed by atoms with van der Waals surface area (Å²) in [6, 6.07) is 0. The van der Waals surface area contributed by atoms with Crippen LogP contribution in [0, 0.1) is 5.92 Å². The number of nitrogens with zero attached hydrogens (tertiary/aromatic N) is 3. The van der Waals surface area contributed by atoms with Gasteiger partial charge < -0.3 is 5.11 Å². The van der Waals surface area contributed by atoms with Crippen molar-refractivity contribution in [3.8, 4) is 0 Å². The van der Waals surface area contributed by atoms with Crippen molar-refractivity contribution < 1.29 is 5.11 Å². The van der Waals surface area contributed by atoms with Crippen LogP contribution in [0.2, 0.25) is 0 Å². The number of aromatic nitrogens is 3. The van der Waals surface area contributed by atoms with Crippen molar-refractivity contribution in [3.05, 3.63) is 12.2 Å². The number of unbranched alkanes of at least 4 members (excludes halogenated alkanes) is 3. The Kier molecular flexibility index (Phi) is 6.94. The Hall–Kier alpha value is -0.900. The Morgan fingerprint density at radius 3 is 2.72 bits per heavy atom. The molecule has 104 valence electrons. The van der Waals surface area contributed by atoms with Gasteiger partial charge in [0.1, 0.15) is 12.2 Å². The molecule has 0 radical (unpaired) electrons. The number of aliphatic hydroxyl groups is 1. The van der Waals surface area contributed by atoms with Crippen molar-refractivity contribution in [2.75, 3.05) is 0 Å². The minimum Gasteiger partial charge on any atom is -0.393 e. The molecule has 1 rings (SSSR count). The van der Waals surface area contributed by atoms with E-state index >= 15 is 0 Å². The van der Waals surface area contributed by atoms with Gasteiger partial charge in [0, 0.05) is 13.0 Å². The van der Waals surface area contributed by atoms with Gasteiger partial charge in [-0.25, -0.2) is 9.67 Å². The zero-order chi connectivity index (χ0) is 13.4. The minimum absolute atomic E-state index is 0.281. The molecule has 1 aromatic rings. The van der Waals surface area contributed by atoms with E-state index in [1.807, 2.05) is 4.68 Å². The highest BCUT2D eigenvalue weighted by molar-refractivity contribution is 4.87. The lowest BCUT2D eigenvalue weighted by molar-refractivity contribution is 0.156. The first kappa shape index (κ1) is 15.2. The van der Waals surface area contributed by atoms with Gasteiger partial charge in [-0.1, -0.05) is 46.5 Å². The van der Waals surface area contributed by atoms with E-state index in [0.717, 1.165) is 25.2 Å². The van der Waals surface area contributed by atoms with E-state index in [4.69, 9.17) is 0 Å². The zero-order valence-corrected chi connectivity index (χ0v) is 12.0. The predicted octanol–water partition coefficient (Wildman–Crippen LogP) is 2.81. The molecule has 1 atom stereocenters. The smallest absolute Gasteiger partial charge is 0.138 e. The summed E-state index contributed by atoms with van der Waals surface area (Å²) in [6.45, 7) is 7.39. The molecule has 1 aromatic heterocycles. The van der Waals surface area contributed by atoms with Crippen LogP contribution in [0.4, 0.5) is 0 Å². The Morgan fingerprint density at radius 1 is 1.28 bits per heavy atom. The van der Waals surface area contributed by atoms with Crippen LogP contribution >= 0.6 is 0 Å². The molecule has 4 nitrogen and oxygen atoms in total. The van der Waals surface area contributed by atoms with Crippen LogP contribution in [0.3, 0.4) is 0 Å².